The fraction of sp³-hybridized carbons (Fsp3) is 0.312. The third-order valence-electron chi connectivity index (χ3n) is 2.86. The Balaban J connectivity index is 1.94. The van der Waals surface area contributed by atoms with Crippen LogP contribution in [0.25, 0.3) is 0 Å². The Bertz CT molecular complexity index is 547. The minimum absolute atomic E-state index is 0.632. The summed E-state index contributed by atoms with van der Waals surface area (Å²) in [7, 11) is 0. The van der Waals surface area contributed by atoms with Crippen molar-refractivity contribution in [3.63, 3.8) is 0 Å². The molecule has 0 unspecified atom stereocenters. The summed E-state index contributed by atoms with van der Waals surface area (Å²) in [5.74, 6) is 1.69. The number of nitrogens with one attached hydrogen (secondary N) is 2. The Morgan fingerprint density at radius 2 is 2.10 bits per heavy atom. The average molecular weight is 271 g/mol. The van der Waals surface area contributed by atoms with Crippen LogP contribution in [0.5, 0.6) is 0 Å². The van der Waals surface area contributed by atoms with Crippen molar-refractivity contribution < 1.29 is 4.42 Å². The molecule has 20 heavy (non-hydrogen) atoms. The third-order valence-corrected chi connectivity index (χ3v) is 2.86. The molecule has 0 atom stereocenters. The molecule has 4 nitrogen and oxygen atoms in total. The maximum Gasteiger partial charge on any atom is 0.191 e. The summed E-state index contributed by atoms with van der Waals surface area (Å²) in [5.41, 5.74) is 2.46. The van der Waals surface area contributed by atoms with Crippen molar-refractivity contribution in [1.29, 1.82) is 0 Å². The number of hydrogen-bond acceptors (Lipinski definition) is 2. The first-order chi connectivity index (χ1) is 9.78. The SMILES string of the molecule is CCNC(=NCc1cccc(C)c1)NCc1ccco1. The van der Waals surface area contributed by atoms with Crippen LogP contribution >= 0.6 is 0 Å². The topological polar surface area (TPSA) is 49.6 Å². The van der Waals surface area contributed by atoms with E-state index in [4.69, 9.17) is 4.42 Å². The third kappa shape index (κ3) is 4.46. The molecule has 2 N–H and O–H groups in total. The molecular formula is C16H21N3O. The van der Waals surface area contributed by atoms with E-state index in [1.54, 1.807) is 6.26 Å². The first kappa shape index (κ1) is 14.2. The zero-order valence-electron chi connectivity index (χ0n) is 12.0. The highest BCUT2D eigenvalue weighted by Crippen LogP contribution is 2.05. The number of rotatable bonds is 5. The maximum absolute atomic E-state index is 5.30. The predicted molar refractivity (Wildman–Crippen MR) is 81.5 cm³/mol. The van der Waals surface area contributed by atoms with Gasteiger partial charge < -0.3 is 15.1 Å². The molecule has 0 saturated carbocycles. The van der Waals surface area contributed by atoms with E-state index in [2.05, 4.69) is 53.7 Å². The van der Waals surface area contributed by atoms with Gasteiger partial charge in [-0.15, -0.1) is 0 Å². The van der Waals surface area contributed by atoms with Gasteiger partial charge in [-0.05, 0) is 31.5 Å². The van der Waals surface area contributed by atoms with Gasteiger partial charge in [-0.3, -0.25) is 0 Å². The largest absolute Gasteiger partial charge is 0.467 e. The second kappa shape index (κ2) is 7.38. The van der Waals surface area contributed by atoms with Crippen molar-refractivity contribution in [2.45, 2.75) is 26.9 Å². The first-order valence-corrected chi connectivity index (χ1v) is 6.88. The maximum atomic E-state index is 5.30. The summed E-state index contributed by atoms with van der Waals surface area (Å²) in [6.45, 7) is 6.27. The molecule has 0 fully saturated rings. The number of aryl methyl sites for hydroxylation is 1. The highest BCUT2D eigenvalue weighted by atomic mass is 16.3. The number of nitrogens with zero attached hydrogens (tertiary/aromatic N) is 1. The van der Waals surface area contributed by atoms with Gasteiger partial charge in [-0.2, -0.15) is 0 Å². The Morgan fingerprint density at radius 3 is 2.80 bits per heavy atom. The molecule has 1 aromatic heterocycles. The lowest BCUT2D eigenvalue weighted by molar-refractivity contribution is 0.501. The van der Waals surface area contributed by atoms with E-state index in [9.17, 15) is 0 Å². The van der Waals surface area contributed by atoms with Crippen LogP contribution in [0.15, 0.2) is 52.1 Å². The molecule has 0 bridgehead atoms. The normalized spacial score (nSPS) is 11.4. The molecule has 0 aliphatic heterocycles. The molecule has 0 radical (unpaired) electrons. The van der Waals surface area contributed by atoms with Gasteiger partial charge in [0.1, 0.15) is 5.76 Å². The molecule has 2 rings (SSSR count). The molecule has 0 aliphatic rings. The van der Waals surface area contributed by atoms with Crippen molar-refractivity contribution in [1.82, 2.24) is 10.6 Å². The summed E-state index contributed by atoms with van der Waals surface area (Å²) < 4.78 is 5.30. The van der Waals surface area contributed by atoms with Crippen molar-refractivity contribution in [2.75, 3.05) is 6.54 Å². The minimum Gasteiger partial charge on any atom is -0.467 e. The lowest BCUT2D eigenvalue weighted by Gasteiger charge is -2.10. The number of hydrogen-bond donors (Lipinski definition) is 2. The summed E-state index contributed by atoms with van der Waals surface area (Å²) in [6.07, 6.45) is 1.67. The molecule has 0 saturated heterocycles. The van der Waals surface area contributed by atoms with Crippen molar-refractivity contribution in [3.8, 4) is 0 Å². The van der Waals surface area contributed by atoms with Gasteiger partial charge in [0.2, 0.25) is 0 Å². The molecule has 4 heteroatoms. The average Bonchev–Trinajstić information content (AvgIpc) is 2.95. The number of furan rings is 1. The predicted octanol–water partition coefficient (Wildman–Crippen LogP) is 2.84. The minimum atomic E-state index is 0.632. The van der Waals surface area contributed by atoms with Gasteiger partial charge in [-0.1, -0.05) is 29.8 Å². The second-order valence-corrected chi connectivity index (χ2v) is 4.62. The van der Waals surface area contributed by atoms with Gasteiger partial charge in [0.05, 0.1) is 19.4 Å². The monoisotopic (exact) mass is 271 g/mol. The summed E-state index contributed by atoms with van der Waals surface area (Å²) in [5, 5.41) is 6.48. The molecule has 0 aliphatic carbocycles. The summed E-state index contributed by atoms with van der Waals surface area (Å²) in [4.78, 5) is 4.58. The Morgan fingerprint density at radius 1 is 1.20 bits per heavy atom. The standard InChI is InChI=1S/C16H21N3O/c1-3-17-16(19-12-15-8-5-9-20-15)18-11-14-7-4-6-13(2)10-14/h4-10H,3,11-12H2,1-2H3,(H2,17,18,19). The van der Waals surface area contributed by atoms with E-state index in [-0.39, 0.29) is 0 Å². The van der Waals surface area contributed by atoms with Gasteiger partial charge in [0.25, 0.3) is 0 Å². The van der Waals surface area contributed by atoms with Crippen molar-refractivity contribution in [2.24, 2.45) is 4.99 Å². The lowest BCUT2D eigenvalue weighted by Crippen LogP contribution is -2.36. The molecule has 1 heterocycles. The van der Waals surface area contributed by atoms with E-state index in [1.165, 1.54) is 11.1 Å². The Labute approximate surface area is 119 Å². The van der Waals surface area contributed by atoms with E-state index >= 15 is 0 Å². The number of benzene rings is 1. The molecule has 2 aromatic rings. The van der Waals surface area contributed by atoms with Crippen molar-refractivity contribution in [3.05, 3.63) is 59.5 Å². The quantitative estimate of drug-likeness (QED) is 0.649. The second-order valence-electron chi connectivity index (χ2n) is 4.62. The van der Waals surface area contributed by atoms with Crippen LogP contribution in [0.3, 0.4) is 0 Å². The lowest BCUT2D eigenvalue weighted by atomic mass is 10.1. The van der Waals surface area contributed by atoms with Gasteiger partial charge >= 0.3 is 0 Å². The smallest absolute Gasteiger partial charge is 0.191 e. The van der Waals surface area contributed by atoms with Crippen LogP contribution in [-0.4, -0.2) is 12.5 Å². The van der Waals surface area contributed by atoms with Crippen LogP contribution in [0.4, 0.5) is 0 Å². The van der Waals surface area contributed by atoms with E-state index < -0.39 is 0 Å². The summed E-state index contributed by atoms with van der Waals surface area (Å²) >= 11 is 0. The van der Waals surface area contributed by atoms with Crippen LogP contribution in [0, 0.1) is 6.92 Å². The van der Waals surface area contributed by atoms with Gasteiger partial charge in [0.15, 0.2) is 5.96 Å². The summed E-state index contributed by atoms with van der Waals surface area (Å²) in [6, 6.07) is 12.2. The molecular weight excluding hydrogens is 250 g/mol. The highest BCUT2D eigenvalue weighted by Gasteiger charge is 2.00. The molecule has 106 valence electrons. The van der Waals surface area contributed by atoms with Crippen LogP contribution in [0.2, 0.25) is 0 Å². The van der Waals surface area contributed by atoms with Crippen molar-refractivity contribution >= 4 is 5.96 Å². The van der Waals surface area contributed by atoms with Gasteiger partial charge in [-0.25, -0.2) is 4.99 Å². The van der Waals surface area contributed by atoms with E-state index in [1.807, 2.05) is 12.1 Å². The van der Waals surface area contributed by atoms with Crippen LogP contribution in [0.1, 0.15) is 23.8 Å². The Hall–Kier alpha value is -2.23. The van der Waals surface area contributed by atoms with Crippen LogP contribution in [-0.2, 0) is 13.1 Å². The van der Waals surface area contributed by atoms with E-state index in [0.29, 0.717) is 13.1 Å². The van der Waals surface area contributed by atoms with E-state index in [0.717, 1.165) is 18.3 Å². The first-order valence-electron chi connectivity index (χ1n) is 6.88. The molecule has 0 spiro atoms. The zero-order valence-corrected chi connectivity index (χ0v) is 12.0. The fourth-order valence-electron chi connectivity index (χ4n) is 1.91. The molecule has 1 aromatic carbocycles. The number of aliphatic imine (C=N–C) groups is 1. The zero-order chi connectivity index (χ0) is 14.2. The Kier molecular flexibility index (Phi) is 5.24. The number of guanidine groups is 1. The van der Waals surface area contributed by atoms with Gasteiger partial charge in [0, 0.05) is 6.54 Å². The highest BCUT2D eigenvalue weighted by molar-refractivity contribution is 5.79. The molecule has 0 amide bonds. The van der Waals surface area contributed by atoms with Crippen LogP contribution < -0.4 is 10.6 Å². The fourth-order valence-corrected chi connectivity index (χ4v) is 1.91.